The molecule has 0 amide bonds. The minimum absolute atomic E-state index is 0.239. The van der Waals surface area contributed by atoms with Gasteiger partial charge in [0, 0.05) is 10.6 Å². The van der Waals surface area contributed by atoms with Crippen molar-refractivity contribution >= 4 is 46.6 Å². The summed E-state index contributed by atoms with van der Waals surface area (Å²) < 4.78 is 7.70. The van der Waals surface area contributed by atoms with E-state index in [0.717, 1.165) is 11.3 Å². The number of benzene rings is 3. The predicted octanol–water partition coefficient (Wildman–Crippen LogP) is 7.23. The molecule has 11 heteroatoms. The number of halogens is 3. The molecule has 0 unspecified atom stereocenters. The fourth-order valence-electron chi connectivity index (χ4n) is 3.39. The third-order valence-corrected chi connectivity index (χ3v) is 7.29. The summed E-state index contributed by atoms with van der Waals surface area (Å²) in [5.41, 5.74) is 2.39. The average Bonchev–Trinajstić information content (AvgIpc) is 3.20. The van der Waals surface area contributed by atoms with E-state index in [4.69, 9.17) is 39.5 Å². The Morgan fingerprint density at radius 1 is 1.00 bits per heavy atom. The molecular formula is C24H19Cl3N4O3S. The van der Waals surface area contributed by atoms with E-state index in [1.54, 1.807) is 30.3 Å². The van der Waals surface area contributed by atoms with Gasteiger partial charge < -0.3 is 4.74 Å². The van der Waals surface area contributed by atoms with E-state index in [-0.39, 0.29) is 18.1 Å². The molecule has 0 aliphatic rings. The van der Waals surface area contributed by atoms with Crippen LogP contribution in [0.5, 0.6) is 5.75 Å². The highest BCUT2D eigenvalue weighted by Crippen LogP contribution is 2.38. The normalized spacial score (nSPS) is 11.9. The lowest BCUT2D eigenvalue weighted by Crippen LogP contribution is -2.11. The lowest BCUT2D eigenvalue weighted by molar-refractivity contribution is -0.479. The molecule has 0 N–H and O–H groups in total. The molecule has 7 nitrogen and oxygen atoms in total. The first-order valence-corrected chi connectivity index (χ1v) is 12.4. The van der Waals surface area contributed by atoms with E-state index in [1.165, 1.54) is 11.8 Å². The maximum Gasteiger partial charge on any atom is 0.220 e. The molecule has 4 rings (SSSR count). The maximum absolute atomic E-state index is 11.5. The lowest BCUT2D eigenvalue weighted by atomic mass is 10.1. The molecule has 35 heavy (non-hydrogen) atoms. The third-order valence-electron chi connectivity index (χ3n) is 5.08. The van der Waals surface area contributed by atoms with Gasteiger partial charge in [-0.3, -0.25) is 14.7 Å². The van der Waals surface area contributed by atoms with E-state index >= 15 is 0 Å². The molecule has 0 radical (unpaired) electrons. The van der Waals surface area contributed by atoms with Crippen LogP contribution >= 0.6 is 46.6 Å². The lowest BCUT2D eigenvalue weighted by Gasteiger charge is -2.16. The fraction of sp³-hybridized carbons (Fsp3) is 0.167. The van der Waals surface area contributed by atoms with Crippen LogP contribution in [0.25, 0.3) is 5.69 Å². The summed E-state index contributed by atoms with van der Waals surface area (Å²) in [4.78, 5) is 11.1. The van der Waals surface area contributed by atoms with Crippen molar-refractivity contribution in [1.82, 2.24) is 14.8 Å². The van der Waals surface area contributed by atoms with Crippen molar-refractivity contribution in [2.45, 2.75) is 23.9 Å². The summed E-state index contributed by atoms with van der Waals surface area (Å²) in [6.45, 7) is 1.76. The Kier molecular flexibility index (Phi) is 8.18. The highest BCUT2D eigenvalue weighted by Gasteiger charge is 2.24. The molecule has 0 spiro atoms. The Bertz CT molecular complexity index is 1350. The van der Waals surface area contributed by atoms with Crippen molar-refractivity contribution in [3.8, 4) is 11.4 Å². The number of thioether (sulfide) groups is 1. The van der Waals surface area contributed by atoms with Crippen LogP contribution in [0.1, 0.15) is 22.2 Å². The second-order valence-corrected chi connectivity index (χ2v) is 9.94. The Morgan fingerprint density at radius 3 is 2.46 bits per heavy atom. The van der Waals surface area contributed by atoms with Crippen LogP contribution < -0.4 is 4.74 Å². The van der Waals surface area contributed by atoms with Gasteiger partial charge in [0.15, 0.2) is 5.16 Å². The van der Waals surface area contributed by atoms with Crippen LogP contribution in [-0.4, -0.2) is 26.2 Å². The van der Waals surface area contributed by atoms with Gasteiger partial charge in [-0.15, -0.1) is 10.2 Å². The molecule has 3 aromatic carbocycles. The van der Waals surface area contributed by atoms with Crippen molar-refractivity contribution in [2.24, 2.45) is 0 Å². The van der Waals surface area contributed by atoms with Crippen LogP contribution in [0.2, 0.25) is 15.1 Å². The molecule has 0 aliphatic heterocycles. The molecule has 0 fully saturated rings. The largest absolute Gasteiger partial charge is 0.487 e. The molecule has 1 heterocycles. The SMILES string of the molecule is Cc1nnc(S[C@@H](C[N+](=O)[O-])c2ccc(OCc3ccc(Cl)c(Cl)c3)c(Cl)c2)n1-c1ccccc1. The zero-order chi connectivity index (χ0) is 24.9. The van der Waals surface area contributed by atoms with Gasteiger partial charge in [-0.1, -0.05) is 76.9 Å². The molecule has 180 valence electrons. The van der Waals surface area contributed by atoms with Crippen molar-refractivity contribution in [3.05, 3.63) is 109 Å². The van der Waals surface area contributed by atoms with Crippen molar-refractivity contribution in [1.29, 1.82) is 0 Å². The monoisotopic (exact) mass is 548 g/mol. The number of hydrogen-bond acceptors (Lipinski definition) is 6. The number of nitro groups is 1. The summed E-state index contributed by atoms with van der Waals surface area (Å²) in [5.74, 6) is 1.14. The number of nitrogens with zero attached hydrogens (tertiary/aromatic N) is 4. The summed E-state index contributed by atoms with van der Waals surface area (Å²) in [7, 11) is 0. The highest BCUT2D eigenvalue weighted by molar-refractivity contribution is 7.99. The zero-order valence-electron chi connectivity index (χ0n) is 18.4. The van der Waals surface area contributed by atoms with Gasteiger partial charge in [-0.25, -0.2) is 0 Å². The number of aromatic nitrogens is 3. The quantitative estimate of drug-likeness (QED) is 0.124. The number of para-hydroxylation sites is 1. The van der Waals surface area contributed by atoms with E-state index < -0.39 is 5.25 Å². The van der Waals surface area contributed by atoms with Crippen LogP contribution in [0.4, 0.5) is 0 Å². The smallest absolute Gasteiger partial charge is 0.220 e. The Morgan fingerprint density at radius 2 is 1.77 bits per heavy atom. The van der Waals surface area contributed by atoms with Gasteiger partial charge in [0.1, 0.15) is 23.4 Å². The minimum atomic E-state index is -0.544. The van der Waals surface area contributed by atoms with Crippen LogP contribution in [-0.2, 0) is 6.61 Å². The molecule has 0 aliphatic carbocycles. The van der Waals surface area contributed by atoms with Crippen LogP contribution in [0, 0.1) is 17.0 Å². The fourth-order valence-corrected chi connectivity index (χ4v) is 5.12. The van der Waals surface area contributed by atoms with Gasteiger partial charge in [-0.05, 0) is 54.4 Å². The highest BCUT2D eigenvalue weighted by atomic mass is 35.5. The summed E-state index contributed by atoms with van der Waals surface area (Å²) in [5, 5.41) is 21.2. The standard InChI is InChI=1S/C24H19Cl3N4O3S/c1-15-28-29-24(31(15)18-5-3-2-4-6-18)35-23(13-30(32)33)17-8-10-22(21(27)12-17)34-14-16-7-9-19(25)20(26)11-16/h2-12,23H,13-14H2,1H3/t23-/m0/s1. The van der Waals surface area contributed by atoms with Gasteiger partial charge >= 0.3 is 0 Å². The van der Waals surface area contributed by atoms with E-state index in [9.17, 15) is 10.1 Å². The second-order valence-electron chi connectivity index (χ2n) is 7.55. The van der Waals surface area contributed by atoms with Crippen molar-refractivity contribution < 1.29 is 9.66 Å². The Hall–Kier alpha value is -2.78. The maximum atomic E-state index is 11.5. The van der Waals surface area contributed by atoms with Crippen molar-refractivity contribution in [2.75, 3.05) is 6.54 Å². The van der Waals surface area contributed by atoms with Crippen LogP contribution in [0.15, 0.2) is 71.9 Å². The summed E-state index contributed by atoms with van der Waals surface area (Å²) >= 11 is 19.8. The second kappa shape index (κ2) is 11.3. The van der Waals surface area contributed by atoms with E-state index in [0.29, 0.717) is 37.4 Å². The molecule has 0 saturated carbocycles. The van der Waals surface area contributed by atoms with Gasteiger partial charge in [0.2, 0.25) is 6.54 Å². The zero-order valence-corrected chi connectivity index (χ0v) is 21.5. The van der Waals surface area contributed by atoms with Gasteiger partial charge in [-0.2, -0.15) is 0 Å². The Labute approximate surface area is 221 Å². The number of rotatable bonds is 9. The number of hydrogen-bond donors (Lipinski definition) is 0. The number of aryl methyl sites for hydroxylation is 1. The third kappa shape index (κ3) is 6.27. The minimum Gasteiger partial charge on any atom is -0.487 e. The predicted molar refractivity (Wildman–Crippen MR) is 139 cm³/mol. The average molecular weight is 550 g/mol. The summed E-state index contributed by atoms with van der Waals surface area (Å²) in [6, 6.07) is 20.0. The molecule has 1 aromatic heterocycles. The van der Waals surface area contributed by atoms with Gasteiger partial charge in [0.05, 0.1) is 15.1 Å². The number of ether oxygens (including phenoxy) is 1. The first kappa shape index (κ1) is 25.3. The molecular weight excluding hydrogens is 531 g/mol. The first-order valence-electron chi connectivity index (χ1n) is 10.4. The summed E-state index contributed by atoms with van der Waals surface area (Å²) in [6.07, 6.45) is 0. The van der Waals surface area contributed by atoms with Gasteiger partial charge in [0.25, 0.3) is 0 Å². The molecule has 0 bridgehead atoms. The topological polar surface area (TPSA) is 83.1 Å². The molecule has 1 atom stereocenters. The Balaban J connectivity index is 1.56. The van der Waals surface area contributed by atoms with E-state index in [2.05, 4.69) is 10.2 Å². The molecule has 4 aromatic rings. The first-order chi connectivity index (χ1) is 16.8. The van der Waals surface area contributed by atoms with Crippen molar-refractivity contribution in [3.63, 3.8) is 0 Å². The van der Waals surface area contributed by atoms with E-state index in [1.807, 2.05) is 47.9 Å². The van der Waals surface area contributed by atoms with Crippen LogP contribution in [0.3, 0.4) is 0 Å². The molecule has 0 saturated heterocycles.